The smallest absolute Gasteiger partial charge is 0.326 e. The first-order chi connectivity index (χ1) is 12.0. The SMILES string of the molecule is CC[C@@]1(C(=O)c2ccccc2)[C@@H]2c3ccccc3OC(=O)[C@]21C(C)=O. The van der Waals surface area contributed by atoms with Gasteiger partial charge in [-0.05, 0) is 19.4 Å². The molecule has 0 unspecified atom stereocenters. The van der Waals surface area contributed by atoms with Crippen LogP contribution in [0.1, 0.15) is 42.1 Å². The number of rotatable bonds is 4. The number of hydrogen-bond donors (Lipinski definition) is 0. The van der Waals surface area contributed by atoms with Crippen LogP contribution in [0.15, 0.2) is 54.6 Å². The Morgan fingerprint density at radius 2 is 1.68 bits per heavy atom. The Hall–Kier alpha value is -2.75. The number of carbonyl (C=O) groups excluding carboxylic acids is 3. The molecule has 4 nitrogen and oxygen atoms in total. The van der Waals surface area contributed by atoms with Gasteiger partial charge in [0, 0.05) is 17.0 Å². The summed E-state index contributed by atoms with van der Waals surface area (Å²) in [7, 11) is 0. The molecule has 1 aliphatic carbocycles. The third kappa shape index (κ3) is 1.69. The number of para-hydroxylation sites is 1. The maximum absolute atomic E-state index is 13.4. The van der Waals surface area contributed by atoms with Gasteiger partial charge in [-0.1, -0.05) is 55.5 Å². The van der Waals surface area contributed by atoms with Crippen LogP contribution in [0.2, 0.25) is 0 Å². The molecule has 4 heteroatoms. The number of benzene rings is 2. The molecular weight excluding hydrogens is 316 g/mol. The first kappa shape index (κ1) is 15.8. The van der Waals surface area contributed by atoms with Crippen molar-refractivity contribution in [1.82, 2.24) is 0 Å². The standard InChI is InChI=1S/C21H18O4/c1-3-20(18(23)14-9-5-4-6-10-14)17-15-11-7-8-12-16(15)25-19(24)21(17,20)13(2)22/h4-12,17H,3H2,1-2H3/t17-,20-,21-/m0/s1. The van der Waals surface area contributed by atoms with Crippen molar-refractivity contribution in [3.05, 3.63) is 65.7 Å². The van der Waals surface area contributed by atoms with Gasteiger partial charge in [-0.15, -0.1) is 0 Å². The molecule has 126 valence electrons. The van der Waals surface area contributed by atoms with E-state index in [1.807, 2.05) is 25.1 Å². The third-order valence-electron chi connectivity index (χ3n) is 5.85. The summed E-state index contributed by atoms with van der Waals surface area (Å²) in [5.41, 5.74) is -1.21. The Morgan fingerprint density at radius 3 is 2.32 bits per heavy atom. The monoisotopic (exact) mass is 334 g/mol. The molecule has 0 amide bonds. The number of carbonyl (C=O) groups is 3. The lowest BCUT2D eigenvalue weighted by molar-refractivity contribution is -0.148. The topological polar surface area (TPSA) is 60.4 Å². The van der Waals surface area contributed by atoms with Crippen LogP contribution in [0.3, 0.4) is 0 Å². The quantitative estimate of drug-likeness (QED) is 0.371. The lowest BCUT2D eigenvalue weighted by atomic mass is 9.81. The van der Waals surface area contributed by atoms with Crippen molar-refractivity contribution in [3.8, 4) is 5.75 Å². The summed E-state index contributed by atoms with van der Waals surface area (Å²) < 4.78 is 5.48. The average Bonchev–Trinajstić information content (AvgIpc) is 3.29. The van der Waals surface area contributed by atoms with E-state index < -0.39 is 22.7 Å². The molecule has 0 aromatic heterocycles. The van der Waals surface area contributed by atoms with E-state index in [1.165, 1.54) is 6.92 Å². The second-order valence-corrected chi connectivity index (χ2v) is 6.74. The maximum atomic E-state index is 13.4. The molecule has 2 aliphatic rings. The van der Waals surface area contributed by atoms with Gasteiger partial charge in [-0.25, -0.2) is 0 Å². The zero-order valence-electron chi connectivity index (χ0n) is 14.1. The maximum Gasteiger partial charge on any atom is 0.326 e. The summed E-state index contributed by atoms with van der Waals surface area (Å²) in [6, 6.07) is 16.0. The summed E-state index contributed by atoms with van der Waals surface area (Å²) in [6.07, 6.45) is 0.397. The largest absolute Gasteiger partial charge is 0.425 e. The van der Waals surface area contributed by atoms with Gasteiger partial charge in [-0.2, -0.15) is 0 Å². The average molecular weight is 334 g/mol. The molecule has 2 aromatic rings. The zero-order chi connectivity index (χ0) is 17.8. The van der Waals surface area contributed by atoms with Crippen molar-refractivity contribution in [3.63, 3.8) is 0 Å². The Morgan fingerprint density at radius 1 is 1.04 bits per heavy atom. The molecule has 0 N–H and O–H groups in total. The van der Waals surface area contributed by atoms with Crippen molar-refractivity contribution in [2.45, 2.75) is 26.2 Å². The molecule has 0 spiro atoms. The third-order valence-corrected chi connectivity index (χ3v) is 5.85. The lowest BCUT2D eigenvalue weighted by Crippen LogP contribution is -2.38. The summed E-state index contributed by atoms with van der Waals surface area (Å²) in [5.74, 6) is -1.08. The van der Waals surface area contributed by atoms with E-state index in [-0.39, 0.29) is 11.6 Å². The highest BCUT2D eigenvalue weighted by Gasteiger charge is 2.87. The molecule has 25 heavy (non-hydrogen) atoms. The molecule has 2 aromatic carbocycles. The molecule has 0 radical (unpaired) electrons. The molecular formula is C21H18O4. The van der Waals surface area contributed by atoms with Gasteiger partial charge < -0.3 is 4.74 Å². The van der Waals surface area contributed by atoms with Gasteiger partial charge in [-0.3, -0.25) is 14.4 Å². The van der Waals surface area contributed by atoms with Gasteiger partial charge in [0.15, 0.2) is 5.78 Å². The van der Waals surface area contributed by atoms with Crippen LogP contribution in [0.25, 0.3) is 0 Å². The van der Waals surface area contributed by atoms with Crippen LogP contribution in [0, 0.1) is 10.8 Å². The number of Topliss-reactive ketones (excluding diaryl/α,β-unsaturated/α-hetero) is 2. The van der Waals surface area contributed by atoms with Gasteiger partial charge in [0.05, 0.1) is 5.41 Å². The Balaban J connectivity index is 1.96. The van der Waals surface area contributed by atoms with Crippen LogP contribution >= 0.6 is 0 Å². The molecule has 0 bridgehead atoms. The van der Waals surface area contributed by atoms with Crippen molar-refractivity contribution in [1.29, 1.82) is 0 Å². The van der Waals surface area contributed by atoms with Crippen LogP contribution < -0.4 is 4.74 Å². The van der Waals surface area contributed by atoms with Crippen molar-refractivity contribution >= 4 is 17.5 Å². The number of ketones is 2. The van der Waals surface area contributed by atoms with Crippen molar-refractivity contribution in [2.75, 3.05) is 0 Å². The highest BCUT2D eigenvalue weighted by Crippen LogP contribution is 2.80. The van der Waals surface area contributed by atoms with Gasteiger partial charge in [0.2, 0.25) is 0 Å². The fraction of sp³-hybridized carbons (Fsp3) is 0.286. The minimum Gasteiger partial charge on any atom is -0.425 e. The van der Waals surface area contributed by atoms with Crippen molar-refractivity contribution < 1.29 is 19.1 Å². The number of esters is 1. The lowest BCUT2D eigenvalue weighted by Gasteiger charge is -2.22. The van der Waals surface area contributed by atoms with Crippen LogP contribution in [-0.4, -0.2) is 17.5 Å². The van der Waals surface area contributed by atoms with Gasteiger partial charge in [0.1, 0.15) is 16.9 Å². The Labute approximate surface area is 145 Å². The highest BCUT2D eigenvalue weighted by molar-refractivity contribution is 6.21. The van der Waals surface area contributed by atoms with E-state index in [1.54, 1.807) is 36.4 Å². The minimum absolute atomic E-state index is 0.163. The van der Waals surface area contributed by atoms with Crippen LogP contribution in [0.5, 0.6) is 5.75 Å². The molecule has 4 rings (SSSR count). The van der Waals surface area contributed by atoms with E-state index in [0.717, 1.165) is 5.56 Å². The first-order valence-electron chi connectivity index (χ1n) is 8.44. The molecule has 1 heterocycles. The van der Waals surface area contributed by atoms with Gasteiger partial charge in [0.25, 0.3) is 0 Å². The normalized spacial score (nSPS) is 29.2. The molecule has 0 saturated heterocycles. The Bertz CT molecular complexity index is 901. The summed E-state index contributed by atoms with van der Waals surface area (Å²) in [6.45, 7) is 3.25. The summed E-state index contributed by atoms with van der Waals surface area (Å²) in [4.78, 5) is 38.9. The number of hydrogen-bond acceptors (Lipinski definition) is 4. The summed E-state index contributed by atoms with van der Waals surface area (Å²) >= 11 is 0. The van der Waals surface area contributed by atoms with E-state index in [2.05, 4.69) is 0 Å². The molecule has 1 aliphatic heterocycles. The Kier molecular flexibility index (Phi) is 3.23. The first-order valence-corrected chi connectivity index (χ1v) is 8.44. The zero-order valence-corrected chi connectivity index (χ0v) is 14.1. The number of fused-ring (bicyclic) bond motifs is 3. The fourth-order valence-electron chi connectivity index (χ4n) is 4.79. The van der Waals surface area contributed by atoms with Crippen LogP contribution in [-0.2, 0) is 9.59 Å². The number of ether oxygens (including phenoxy) is 1. The van der Waals surface area contributed by atoms with Crippen molar-refractivity contribution in [2.24, 2.45) is 10.8 Å². The van der Waals surface area contributed by atoms with Crippen LogP contribution in [0.4, 0.5) is 0 Å². The fourth-order valence-corrected chi connectivity index (χ4v) is 4.79. The molecule has 3 atom stereocenters. The molecule has 1 fully saturated rings. The van der Waals surface area contributed by atoms with E-state index in [9.17, 15) is 14.4 Å². The predicted octanol–water partition coefficient (Wildman–Crippen LogP) is 3.56. The van der Waals surface area contributed by atoms with E-state index in [0.29, 0.717) is 17.7 Å². The molecule has 1 saturated carbocycles. The second-order valence-electron chi connectivity index (χ2n) is 6.74. The predicted molar refractivity (Wildman–Crippen MR) is 91.4 cm³/mol. The minimum atomic E-state index is -1.41. The summed E-state index contributed by atoms with van der Waals surface area (Å²) in [5, 5.41) is 0. The highest BCUT2D eigenvalue weighted by atomic mass is 16.5. The van der Waals surface area contributed by atoms with E-state index >= 15 is 0 Å². The van der Waals surface area contributed by atoms with E-state index in [4.69, 9.17) is 4.74 Å². The van der Waals surface area contributed by atoms with Gasteiger partial charge >= 0.3 is 5.97 Å². The second kappa shape index (κ2) is 5.12.